The van der Waals surface area contributed by atoms with Gasteiger partial charge in [-0.15, -0.1) is 0 Å². The topological polar surface area (TPSA) is 25.2 Å². The van der Waals surface area contributed by atoms with E-state index in [9.17, 15) is 4.79 Å². The number of hydrogen-bond acceptors (Lipinski definition) is 3. The van der Waals surface area contributed by atoms with Gasteiger partial charge in [0.25, 0.3) is 5.91 Å². The number of rotatable bonds is 7. The SMILES string of the molecule is CCc1cccc2c(/C=C3\SC(=S)N(CCC4CCCC4)C3=O)cn(Cc3ccccc3)c12. The van der Waals surface area contributed by atoms with Crippen molar-refractivity contribution < 1.29 is 4.79 Å². The number of carbonyl (C=O) groups is 1. The Hall–Kier alpha value is -2.37. The van der Waals surface area contributed by atoms with Gasteiger partial charge in [0, 0.05) is 30.2 Å². The minimum Gasteiger partial charge on any atom is -0.342 e. The summed E-state index contributed by atoms with van der Waals surface area (Å²) >= 11 is 7.05. The van der Waals surface area contributed by atoms with E-state index in [1.807, 2.05) is 4.90 Å². The summed E-state index contributed by atoms with van der Waals surface area (Å²) in [4.78, 5) is 15.8. The van der Waals surface area contributed by atoms with Gasteiger partial charge in [0.1, 0.15) is 4.32 Å². The number of thiocarbonyl (C=S) groups is 1. The van der Waals surface area contributed by atoms with Crippen molar-refractivity contribution in [2.75, 3.05) is 6.54 Å². The number of nitrogens with zero attached hydrogens (tertiary/aromatic N) is 2. The Morgan fingerprint density at radius 2 is 1.88 bits per heavy atom. The molecule has 0 spiro atoms. The summed E-state index contributed by atoms with van der Waals surface area (Å²) in [6.45, 7) is 3.76. The van der Waals surface area contributed by atoms with E-state index in [0.29, 0.717) is 4.32 Å². The van der Waals surface area contributed by atoms with Crippen LogP contribution in [0.3, 0.4) is 0 Å². The van der Waals surface area contributed by atoms with Gasteiger partial charge in [-0.1, -0.05) is 105 Å². The molecule has 0 bridgehead atoms. The number of hydrogen-bond donors (Lipinski definition) is 0. The van der Waals surface area contributed by atoms with Crippen molar-refractivity contribution in [3.63, 3.8) is 0 Å². The normalized spacial score (nSPS) is 18.3. The van der Waals surface area contributed by atoms with Gasteiger partial charge in [-0.2, -0.15) is 0 Å². The summed E-state index contributed by atoms with van der Waals surface area (Å²) < 4.78 is 3.03. The molecule has 1 amide bonds. The molecular formula is C28H30N2OS2. The molecule has 5 heteroatoms. The summed E-state index contributed by atoms with van der Waals surface area (Å²) in [6.07, 6.45) is 11.5. The predicted molar refractivity (Wildman–Crippen MR) is 143 cm³/mol. The van der Waals surface area contributed by atoms with Crippen LogP contribution in [0.4, 0.5) is 0 Å². The van der Waals surface area contributed by atoms with Crippen LogP contribution in [0, 0.1) is 5.92 Å². The van der Waals surface area contributed by atoms with Gasteiger partial charge in [0.15, 0.2) is 0 Å². The zero-order valence-electron chi connectivity index (χ0n) is 19.1. The first-order valence-corrected chi connectivity index (χ1v) is 13.3. The van der Waals surface area contributed by atoms with Crippen LogP contribution < -0.4 is 0 Å². The summed E-state index contributed by atoms with van der Waals surface area (Å²) in [5.41, 5.74) is 4.94. The molecule has 1 aliphatic heterocycles. The third-order valence-electron chi connectivity index (χ3n) is 6.99. The summed E-state index contributed by atoms with van der Waals surface area (Å²) in [6, 6.07) is 17.0. The van der Waals surface area contributed by atoms with Gasteiger partial charge in [-0.05, 0) is 36.0 Å². The largest absolute Gasteiger partial charge is 0.342 e. The lowest BCUT2D eigenvalue weighted by atomic mass is 10.0. The monoisotopic (exact) mass is 474 g/mol. The highest BCUT2D eigenvalue weighted by Gasteiger charge is 2.32. The van der Waals surface area contributed by atoms with Gasteiger partial charge in [0.05, 0.1) is 10.4 Å². The molecule has 170 valence electrons. The maximum Gasteiger partial charge on any atom is 0.266 e. The first kappa shape index (κ1) is 22.4. The second-order valence-corrected chi connectivity index (χ2v) is 10.8. The molecule has 1 aromatic heterocycles. The predicted octanol–water partition coefficient (Wildman–Crippen LogP) is 7.03. The van der Waals surface area contributed by atoms with Crippen LogP contribution in [0.25, 0.3) is 17.0 Å². The third kappa shape index (κ3) is 4.67. The Labute approximate surface area is 205 Å². The second kappa shape index (κ2) is 9.86. The molecule has 3 nitrogen and oxygen atoms in total. The molecule has 3 aromatic rings. The molecule has 2 heterocycles. The number of thioether (sulfide) groups is 1. The Balaban J connectivity index is 1.45. The second-order valence-electron chi connectivity index (χ2n) is 9.14. The minimum absolute atomic E-state index is 0.0682. The highest BCUT2D eigenvalue weighted by molar-refractivity contribution is 8.26. The van der Waals surface area contributed by atoms with Crippen LogP contribution in [0.2, 0.25) is 0 Å². The van der Waals surface area contributed by atoms with Crippen LogP contribution in [0.15, 0.2) is 59.6 Å². The molecule has 5 rings (SSSR count). The van der Waals surface area contributed by atoms with Crippen LogP contribution in [-0.2, 0) is 17.8 Å². The van der Waals surface area contributed by atoms with Crippen molar-refractivity contribution in [3.05, 3.63) is 76.3 Å². The lowest BCUT2D eigenvalue weighted by Crippen LogP contribution is -2.30. The fourth-order valence-corrected chi connectivity index (χ4v) is 6.51. The molecule has 1 saturated carbocycles. The molecule has 0 radical (unpaired) electrons. The van der Waals surface area contributed by atoms with Crippen LogP contribution >= 0.6 is 24.0 Å². The standard InChI is InChI=1S/C28H30N2OS2/c1-2-22-13-8-14-24-23(19-29(26(22)24)18-21-11-4-3-5-12-21)17-25-27(31)30(28(32)33-25)16-15-20-9-6-7-10-20/h3-5,8,11-14,17,19-20H,2,6-7,9-10,15-16,18H2,1H3/b25-17-. The Morgan fingerprint density at radius 1 is 1.09 bits per heavy atom. The van der Waals surface area contributed by atoms with E-state index in [-0.39, 0.29) is 5.91 Å². The fraction of sp³-hybridized carbons (Fsp3) is 0.357. The number of carbonyl (C=O) groups excluding carboxylic acids is 1. The Morgan fingerprint density at radius 3 is 2.64 bits per heavy atom. The van der Waals surface area contributed by atoms with Crippen molar-refractivity contribution >= 4 is 51.2 Å². The molecule has 0 N–H and O–H groups in total. The summed E-state index contributed by atoms with van der Waals surface area (Å²) in [5, 5.41) is 1.20. The minimum atomic E-state index is 0.0682. The quantitative estimate of drug-likeness (QED) is 0.271. The van der Waals surface area contributed by atoms with Crippen LogP contribution in [0.5, 0.6) is 0 Å². The zero-order chi connectivity index (χ0) is 22.8. The lowest BCUT2D eigenvalue weighted by molar-refractivity contribution is -0.122. The summed E-state index contributed by atoms with van der Waals surface area (Å²) in [7, 11) is 0. The van der Waals surface area contributed by atoms with Crippen molar-refractivity contribution in [1.82, 2.24) is 9.47 Å². The highest BCUT2D eigenvalue weighted by atomic mass is 32.2. The molecule has 0 atom stereocenters. The average molecular weight is 475 g/mol. The van der Waals surface area contributed by atoms with Gasteiger partial charge >= 0.3 is 0 Å². The van der Waals surface area contributed by atoms with Crippen molar-refractivity contribution in [2.24, 2.45) is 5.92 Å². The molecule has 33 heavy (non-hydrogen) atoms. The molecular weight excluding hydrogens is 444 g/mol. The molecule has 2 aliphatic rings. The van der Waals surface area contributed by atoms with E-state index in [0.717, 1.165) is 42.3 Å². The summed E-state index contributed by atoms with van der Waals surface area (Å²) in [5.74, 6) is 0.820. The van der Waals surface area contributed by atoms with E-state index in [4.69, 9.17) is 12.2 Å². The van der Waals surface area contributed by atoms with Gasteiger partial charge in [-0.25, -0.2) is 0 Å². The van der Waals surface area contributed by atoms with E-state index in [2.05, 4.69) is 72.3 Å². The van der Waals surface area contributed by atoms with E-state index in [1.165, 1.54) is 59.5 Å². The molecule has 1 aliphatic carbocycles. The number of aromatic nitrogens is 1. The van der Waals surface area contributed by atoms with E-state index in [1.54, 1.807) is 0 Å². The maximum absolute atomic E-state index is 13.2. The molecule has 1 saturated heterocycles. The lowest BCUT2D eigenvalue weighted by Gasteiger charge is -2.17. The van der Waals surface area contributed by atoms with Crippen molar-refractivity contribution in [1.29, 1.82) is 0 Å². The Kier molecular flexibility index (Phi) is 6.70. The first-order chi connectivity index (χ1) is 16.1. The Bertz CT molecular complexity index is 1210. The third-order valence-corrected chi connectivity index (χ3v) is 8.36. The van der Waals surface area contributed by atoms with Crippen LogP contribution in [0.1, 0.15) is 55.7 Å². The van der Waals surface area contributed by atoms with Crippen LogP contribution in [-0.4, -0.2) is 26.2 Å². The number of benzene rings is 2. The number of amides is 1. The smallest absolute Gasteiger partial charge is 0.266 e. The van der Waals surface area contributed by atoms with Gasteiger partial charge in [0.2, 0.25) is 0 Å². The average Bonchev–Trinajstić information content (AvgIpc) is 3.53. The molecule has 2 aromatic carbocycles. The van der Waals surface area contributed by atoms with Gasteiger partial charge < -0.3 is 4.57 Å². The number of fused-ring (bicyclic) bond motifs is 1. The van der Waals surface area contributed by atoms with Crippen molar-refractivity contribution in [2.45, 2.75) is 52.0 Å². The fourth-order valence-electron chi connectivity index (χ4n) is 5.22. The first-order valence-electron chi connectivity index (χ1n) is 12.0. The van der Waals surface area contributed by atoms with E-state index >= 15 is 0 Å². The maximum atomic E-state index is 13.2. The zero-order valence-corrected chi connectivity index (χ0v) is 20.8. The van der Waals surface area contributed by atoms with Crippen molar-refractivity contribution in [3.8, 4) is 0 Å². The number of aryl methyl sites for hydroxylation is 1. The van der Waals surface area contributed by atoms with E-state index < -0.39 is 0 Å². The number of para-hydroxylation sites is 1. The highest BCUT2D eigenvalue weighted by Crippen LogP contribution is 2.36. The molecule has 2 fully saturated rings. The van der Waals surface area contributed by atoms with Gasteiger partial charge in [-0.3, -0.25) is 9.69 Å². The molecule has 0 unspecified atom stereocenters.